The highest BCUT2D eigenvalue weighted by Crippen LogP contribution is 2.58. The van der Waals surface area contributed by atoms with Gasteiger partial charge in [0.1, 0.15) is 0 Å². The number of thiophene rings is 2. The summed E-state index contributed by atoms with van der Waals surface area (Å²) in [7, 11) is 0. The summed E-state index contributed by atoms with van der Waals surface area (Å²) < 4.78 is 10.1. The minimum atomic E-state index is -0.225. The number of rotatable bonds is 8. The fourth-order valence-corrected chi connectivity index (χ4v) is 18.3. The predicted octanol–water partition coefficient (Wildman–Crippen LogP) is 22.2. The Morgan fingerprint density at radius 3 is 1.16 bits per heavy atom. The molecule has 14 aromatic carbocycles. The maximum atomic E-state index is 2.78. The minimum Gasteiger partial charge on any atom is -0.310 e. The van der Waals surface area contributed by atoms with Crippen LogP contribution in [0.15, 0.2) is 322 Å². The molecule has 0 amide bonds. The van der Waals surface area contributed by atoms with Crippen LogP contribution in [0.25, 0.3) is 130 Å². The number of para-hydroxylation sites is 6. The van der Waals surface area contributed by atoms with Gasteiger partial charge in [-0.3, -0.25) is 0 Å². The van der Waals surface area contributed by atoms with E-state index in [4.69, 9.17) is 0 Å². The van der Waals surface area contributed by atoms with Gasteiger partial charge < -0.3 is 18.9 Å². The molecule has 0 saturated carbocycles. The second kappa shape index (κ2) is 20.5. The van der Waals surface area contributed by atoms with Crippen molar-refractivity contribution in [2.75, 3.05) is 9.80 Å². The van der Waals surface area contributed by atoms with Crippen LogP contribution in [0.1, 0.15) is 0 Å². The van der Waals surface area contributed by atoms with E-state index in [1.807, 2.05) is 22.7 Å². The molecular formula is C86H53BN4S2. The Hall–Kier alpha value is -11.5. The normalized spacial score (nSPS) is 12.7. The number of anilines is 6. The van der Waals surface area contributed by atoms with Crippen LogP contribution in [0.4, 0.5) is 34.1 Å². The van der Waals surface area contributed by atoms with E-state index in [2.05, 4.69) is 340 Å². The van der Waals surface area contributed by atoms with Crippen molar-refractivity contribution in [1.29, 1.82) is 0 Å². The lowest BCUT2D eigenvalue weighted by atomic mass is 9.36. The number of aromatic nitrogens is 2. The van der Waals surface area contributed by atoms with Gasteiger partial charge in [0.05, 0.1) is 49.5 Å². The Morgan fingerprint density at radius 1 is 0.258 bits per heavy atom. The van der Waals surface area contributed by atoms with Gasteiger partial charge in [-0.05, 0) is 106 Å². The van der Waals surface area contributed by atoms with Gasteiger partial charge in [0.25, 0.3) is 6.71 Å². The second-order valence-electron chi connectivity index (χ2n) is 24.6. The molecule has 0 unspecified atom stereocenters. The zero-order chi connectivity index (χ0) is 60.8. The van der Waals surface area contributed by atoms with E-state index in [9.17, 15) is 0 Å². The molecule has 4 aromatic heterocycles. The van der Waals surface area contributed by atoms with Gasteiger partial charge in [-0.15, -0.1) is 22.7 Å². The monoisotopic (exact) mass is 1220 g/mol. The SMILES string of the molecule is c1ccc(-c2cccc(-c3ccccc3)c2N2c3ccc(-n4c5ccccc5c5ccccc54)cc3B3c4sc5ccc(-n6c7ccccc7c7ccccc76)cc5c4N(c4c(-c5ccccc5)cccc4-c4ccccc4)c4c3c2cc2c4sc3ccccc32)cc1. The van der Waals surface area contributed by atoms with E-state index in [1.54, 1.807) is 0 Å². The highest BCUT2D eigenvalue weighted by molar-refractivity contribution is 7.34. The number of benzene rings is 14. The van der Waals surface area contributed by atoms with E-state index in [0.717, 1.165) is 72.9 Å². The quantitative estimate of drug-likeness (QED) is 0.141. The first-order valence-corrected chi connectivity index (χ1v) is 33.6. The van der Waals surface area contributed by atoms with E-state index in [-0.39, 0.29) is 6.71 Å². The summed E-state index contributed by atoms with van der Waals surface area (Å²) in [6, 6.07) is 120. The van der Waals surface area contributed by atoms with Crippen molar-refractivity contribution in [3.8, 4) is 55.9 Å². The molecule has 2 aliphatic heterocycles. The van der Waals surface area contributed by atoms with Gasteiger partial charge in [0.2, 0.25) is 0 Å². The third-order valence-electron chi connectivity index (χ3n) is 19.7. The average Bonchev–Trinajstić information content (AvgIpc) is 1.65. The molecule has 18 aromatic rings. The molecule has 0 N–H and O–H groups in total. The lowest BCUT2D eigenvalue weighted by Crippen LogP contribution is -2.60. The summed E-state index contributed by atoms with van der Waals surface area (Å²) >= 11 is 3.89. The summed E-state index contributed by atoms with van der Waals surface area (Å²) in [6.07, 6.45) is 0. The van der Waals surface area contributed by atoms with E-state index in [0.29, 0.717) is 0 Å². The van der Waals surface area contributed by atoms with Crippen molar-refractivity contribution in [1.82, 2.24) is 9.13 Å². The Balaban J connectivity index is 0.993. The van der Waals surface area contributed by atoms with E-state index >= 15 is 0 Å². The first-order chi connectivity index (χ1) is 46.2. The Kier molecular flexibility index (Phi) is 11.5. The number of fused-ring (bicyclic) bond motifs is 16. The summed E-state index contributed by atoms with van der Waals surface area (Å²) in [5, 5.41) is 8.65. The van der Waals surface area contributed by atoms with E-state index in [1.165, 1.54) is 107 Å². The largest absolute Gasteiger partial charge is 0.310 e. The Labute approximate surface area is 545 Å². The predicted molar refractivity (Wildman–Crippen MR) is 399 cm³/mol. The van der Waals surface area contributed by atoms with Crippen LogP contribution in [-0.4, -0.2) is 15.8 Å². The van der Waals surface area contributed by atoms with Gasteiger partial charge in [0.15, 0.2) is 0 Å². The van der Waals surface area contributed by atoms with E-state index < -0.39 is 0 Å². The molecular weight excluding hydrogens is 1160 g/mol. The number of hydrogen-bond donors (Lipinski definition) is 0. The van der Waals surface area contributed by atoms with Crippen molar-refractivity contribution in [3.05, 3.63) is 322 Å². The maximum Gasteiger partial charge on any atom is 0.264 e. The molecule has 0 saturated heterocycles. The van der Waals surface area contributed by atoms with Crippen LogP contribution < -0.4 is 25.5 Å². The average molecular weight is 1220 g/mol. The second-order valence-corrected chi connectivity index (χ2v) is 26.7. The molecule has 7 heteroatoms. The van der Waals surface area contributed by atoms with Crippen LogP contribution >= 0.6 is 22.7 Å². The third kappa shape index (κ3) is 7.73. The minimum absolute atomic E-state index is 0.225. The van der Waals surface area contributed by atoms with Gasteiger partial charge >= 0.3 is 0 Å². The van der Waals surface area contributed by atoms with Crippen molar-refractivity contribution >= 4 is 153 Å². The number of nitrogens with zero attached hydrogens (tertiary/aromatic N) is 4. The van der Waals surface area contributed by atoms with Gasteiger partial charge in [-0.2, -0.15) is 0 Å². The third-order valence-corrected chi connectivity index (χ3v) is 22.1. The van der Waals surface area contributed by atoms with Crippen LogP contribution in [0.2, 0.25) is 0 Å². The molecule has 93 heavy (non-hydrogen) atoms. The molecule has 0 bridgehead atoms. The molecule has 0 spiro atoms. The summed E-state index contributed by atoms with van der Waals surface area (Å²) in [5.41, 5.74) is 25.8. The van der Waals surface area contributed by atoms with Crippen LogP contribution in [0.5, 0.6) is 0 Å². The fraction of sp³-hybridized carbons (Fsp3) is 0. The standard InChI is InChI=1S/C86H53BN4S2/c1-5-25-54(26-6-1)60-38-23-39-61(55-27-7-2-8-28-55)81(60)90-76-49-47-59(89-74-44-20-15-35-66(74)67-36-16-21-45-75(67)89)52-71(76)87-80-77(90)53-69-68-37-17-22-46-78(68)92-85(69)84(80)91(82-62(56-29-9-3-10-30-56)40-24-41-63(82)57-31-11-4-12-32-57)83-70-51-58(48-50-79(70)93-86(83)87)88-72-42-18-13-33-64(72)65-34-14-19-43-73(65)88/h1-53H. The van der Waals surface area contributed by atoms with Crippen LogP contribution in [0.3, 0.4) is 0 Å². The molecule has 20 rings (SSSR count). The fourth-order valence-electron chi connectivity index (χ4n) is 15.8. The molecule has 432 valence electrons. The highest BCUT2D eigenvalue weighted by Gasteiger charge is 2.48. The summed E-state index contributed by atoms with van der Waals surface area (Å²) in [4.78, 5) is 5.47. The van der Waals surface area contributed by atoms with Crippen molar-refractivity contribution in [2.24, 2.45) is 0 Å². The molecule has 0 radical (unpaired) electrons. The van der Waals surface area contributed by atoms with Crippen LogP contribution in [0, 0.1) is 0 Å². The Bertz CT molecular complexity index is 5860. The molecule has 0 atom stereocenters. The number of hydrogen-bond acceptors (Lipinski definition) is 4. The zero-order valence-electron chi connectivity index (χ0n) is 50.3. The summed E-state index contributed by atoms with van der Waals surface area (Å²) in [6.45, 7) is -0.225. The molecule has 0 aliphatic carbocycles. The highest BCUT2D eigenvalue weighted by atomic mass is 32.1. The zero-order valence-corrected chi connectivity index (χ0v) is 51.9. The molecule has 2 aliphatic rings. The lowest BCUT2D eigenvalue weighted by Gasteiger charge is -2.45. The first kappa shape index (κ1) is 52.3. The van der Waals surface area contributed by atoms with Gasteiger partial charge in [-0.25, -0.2) is 0 Å². The summed E-state index contributed by atoms with van der Waals surface area (Å²) in [5.74, 6) is 0. The topological polar surface area (TPSA) is 16.3 Å². The lowest BCUT2D eigenvalue weighted by molar-refractivity contribution is 1.18. The van der Waals surface area contributed by atoms with Crippen molar-refractivity contribution < 1.29 is 0 Å². The van der Waals surface area contributed by atoms with Crippen LogP contribution in [-0.2, 0) is 0 Å². The Morgan fingerprint density at radius 2 is 0.667 bits per heavy atom. The first-order valence-electron chi connectivity index (χ1n) is 31.9. The smallest absolute Gasteiger partial charge is 0.264 e. The van der Waals surface area contributed by atoms with Crippen molar-refractivity contribution in [2.45, 2.75) is 0 Å². The molecule has 4 nitrogen and oxygen atoms in total. The maximum absolute atomic E-state index is 2.78. The van der Waals surface area contributed by atoms with Crippen molar-refractivity contribution in [3.63, 3.8) is 0 Å². The van der Waals surface area contributed by atoms with Gasteiger partial charge in [-0.1, -0.05) is 249 Å². The van der Waals surface area contributed by atoms with Gasteiger partial charge in [0, 0.05) is 96.9 Å². The molecule has 6 heterocycles. The molecule has 0 fully saturated rings.